The standard InChI is InChI=1S/C22H15ClN2O5/c1-11-10-16(25-30-11)24-21(26)20-17(12-6-8-13(23)9-7-12)18-19(29-20)14-4-2-3-5-15(14)28-22(18)27/h2-10,17,20H,1H3,(H,24,25,26)/t17-,20+/m1/s1. The molecule has 3 heterocycles. The predicted octanol–water partition coefficient (Wildman–Crippen LogP) is 4.27. The van der Waals surface area contributed by atoms with Crippen LogP contribution in [0.1, 0.15) is 22.8 Å². The van der Waals surface area contributed by atoms with Crippen LogP contribution in [-0.2, 0) is 4.79 Å². The van der Waals surface area contributed by atoms with Crippen molar-refractivity contribution in [2.75, 3.05) is 5.32 Å². The quantitative estimate of drug-likeness (QED) is 0.495. The Hall–Kier alpha value is -3.58. The summed E-state index contributed by atoms with van der Waals surface area (Å²) >= 11 is 6.03. The molecule has 1 N–H and O–H groups in total. The third-order valence-electron chi connectivity index (χ3n) is 5.02. The highest BCUT2D eigenvalue weighted by atomic mass is 35.5. The van der Waals surface area contributed by atoms with Crippen LogP contribution >= 0.6 is 11.6 Å². The summed E-state index contributed by atoms with van der Waals surface area (Å²) in [5.41, 5.74) is 0.852. The summed E-state index contributed by atoms with van der Waals surface area (Å²) in [7, 11) is 0. The minimum absolute atomic E-state index is 0.267. The Labute approximate surface area is 175 Å². The number of fused-ring (bicyclic) bond motifs is 3. The molecule has 150 valence electrons. The first kappa shape index (κ1) is 18.4. The molecule has 2 aromatic heterocycles. The topological polar surface area (TPSA) is 94.6 Å². The van der Waals surface area contributed by atoms with E-state index in [0.717, 1.165) is 0 Å². The minimum Gasteiger partial charge on any atom is -0.478 e. The van der Waals surface area contributed by atoms with E-state index >= 15 is 0 Å². The molecule has 0 bridgehead atoms. The number of nitrogens with zero attached hydrogens (tertiary/aromatic N) is 1. The number of aromatic nitrogens is 1. The van der Waals surface area contributed by atoms with Gasteiger partial charge in [0.25, 0.3) is 5.91 Å². The van der Waals surface area contributed by atoms with Crippen LogP contribution in [0.25, 0.3) is 11.0 Å². The zero-order valence-electron chi connectivity index (χ0n) is 15.7. The van der Waals surface area contributed by atoms with Crippen molar-refractivity contribution in [1.82, 2.24) is 5.16 Å². The lowest BCUT2D eigenvalue weighted by Gasteiger charge is -2.18. The molecule has 0 aliphatic carbocycles. The number of carbonyl (C=O) groups excluding carboxylic acids is 1. The lowest BCUT2D eigenvalue weighted by molar-refractivity contribution is -0.122. The number of hydrogen-bond acceptors (Lipinski definition) is 6. The number of carbonyl (C=O) groups is 1. The van der Waals surface area contributed by atoms with Gasteiger partial charge in [-0.3, -0.25) is 4.79 Å². The van der Waals surface area contributed by atoms with E-state index in [-0.39, 0.29) is 5.82 Å². The monoisotopic (exact) mass is 422 g/mol. The molecule has 8 heteroatoms. The first-order valence-corrected chi connectivity index (χ1v) is 9.61. The predicted molar refractivity (Wildman–Crippen MR) is 110 cm³/mol. The van der Waals surface area contributed by atoms with E-state index in [1.165, 1.54) is 0 Å². The number of hydrogen-bond donors (Lipinski definition) is 1. The van der Waals surface area contributed by atoms with Gasteiger partial charge in [0.2, 0.25) is 0 Å². The van der Waals surface area contributed by atoms with Crippen LogP contribution in [0.5, 0.6) is 5.75 Å². The minimum atomic E-state index is -1.01. The average Bonchev–Trinajstić information content (AvgIpc) is 3.33. The maximum absolute atomic E-state index is 13.1. The average molecular weight is 423 g/mol. The molecule has 0 unspecified atom stereocenters. The van der Waals surface area contributed by atoms with Crippen LogP contribution in [0.4, 0.5) is 5.82 Å². The molecule has 5 rings (SSSR count). The molecule has 1 aliphatic heterocycles. The van der Waals surface area contributed by atoms with Gasteiger partial charge in [0, 0.05) is 11.1 Å². The van der Waals surface area contributed by atoms with Gasteiger partial charge < -0.3 is 19.0 Å². The Morgan fingerprint density at radius 1 is 1.13 bits per heavy atom. The van der Waals surface area contributed by atoms with Gasteiger partial charge in [0.05, 0.1) is 16.9 Å². The number of nitrogens with one attached hydrogen (secondary N) is 1. The Balaban J connectivity index is 1.64. The van der Waals surface area contributed by atoms with Gasteiger partial charge in [-0.2, -0.15) is 0 Å². The van der Waals surface area contributed by atoms with Crippen LogP contribution in [0.15, 0.2) is 68.3 Å². The SMILES string of the molecule is Cc1cc(NC(=O)[C@H]2Oc3c(c(=O)oc4ccccc34)[C@H]2c2ccc(Cl)cc2)no1. The molecule has 0 spiro atoms. The summed E-state index contributed by atoms with van der Waals surface area (Å²) in [4.78, 5) is 26.0. The molecule has 0 saturated heterocycles. The number of ether oxygens (including phenoxy) is 1. The molecule has 0 fully saturated rings. The number of halogens is 1. The largest absolute Gasteiger partial charge is 0.478 e. The number of rotatable bonds is 3. The second-order valence-electron chi connectivity index (χ2n) is 7.01. The first-order chi connectivity index (χ1) is 14.5. The Bertz CT molecular complexity index is 1330. The Kier molecular flexibility index (Phi) is 4.33. The van der Waals surface area contributed by atoms with Crippen LogP contribution in [-0.4, -0.2) is 17.2 Å². The maximum Gasteiger partial charge on any atom is 0.344 e. The number of benzene rings is 2. The molecule has 2 atom stereocenters. The van der Waals surface area contributed by atoms with Crippen molar-refractivity contribution in [1.29, 1.82) is 0 Å². The molecular weight excluding hydrogens is 408 g/mol. The lowest BCUT2D eigenvalue weighted by atomic mass is 9.88. The number of anilines is 1. The molecule has 1 aliphatic rings. The molecule has 2 aromatic carbocycles. The molecule has 7 nitrogen and oxygen atoms in total. The third kappa shape index (κ3) is 3.04. The van der Waals surface area contributed by atoms with E-state index in [1.807, 2.05) is 6.07 Å². The summed E-state index contributed by atoms with van der Waals surface area (Å²) in [5.74, 6) is 0.0398. The fourth-order valence-electron chi connectivity index (χ4n) is 3.72. The van der Waals surface area contributed by atoms with Crippen molar-refractivity contribution in [3.63, 3.8) is 0 Å². The second kappa shape index (κ2) is 7.03. The van der Waals surface area contributed by atoms with Crippen molar-refractivity contribution >= 4 is 34.3 Å². The zero-order valence-corrected chi connectivity index (χ0v) is 16.5. The van der Waals surface area contributed by atoms with E-state index in [0.29, 0.717) is 38.6 Å². The Morgan fingerprint density at radius 3 is 2.63 bits per heavy atom. The summed E-state index contributed by atoms with van der Waals surface area (Å²) in [6.45, 7) is 1.72. The molecule has 0 radical (unpaired) electrons. The van der Waals surface area contributed by atoms with Gasteiger partial charge in [0.15, 0.2) is 11.9 Å². The van der Waals surface area contributed by atoms with Crippen LogP contribution in [0, 0.1) is 6.92 Å². The van der Waals surface area contributed by atoms with Gasteiger partial charge in [-0.15, -0.1) is 0 Å². The number of para-hydroxylation sites is 1. The highest BCUT2D eigenvalue weighted by Gasteiger charge is 2.44. The van der Waals surface area contributed by atoms with Crippen molar-refractivity contribution < 1.29 is 18.5 Å². The second-order valence-corrected chi connectivity index (χ2v) is 7.44. The van der Waals surface area contributed by atoms with Crippen molar-refractivity contribution in [3.05, 3.63) is 86.9 Å². The van der Waals surface area contributed by atoms with E-state index < -0.39 is 23.6 Å². The van der Waals surface area contributed by atoms with E-state index in [9.17, 15) is 9.59 Å². The number of aryl methyl sites for hydroxylation is 1. The van der Waals surface area contributed by atoms with Gasteiger partial charge in [-0.25, -0.2) is 4.79 Å². The normalized spacial score (nSPS) is 17.5. The van der Waals surface area contributed by atoms with Crippen molar-refractivity contribution in [3.8, 4) is 5.75 Å². The van der Waals surface area contributed by atoms with E-state index in [2.05, 4.69) is 10.5 Å². The summed E-state index contributed by atoms with van der Waals surface area (Å²) < 4.78 is 16.6. The van der Waals surface area contributed by atoms with Gasteiger partial charge >= 0.3 is 5.63 Å². The Morgan fingerprint density at radius 2 is 1.90 bits per heavy atom. The highest BCUT2D eigenvalue weighted by molar-refractivity contribution is 6.30. The van der Waals surface area contributed by atoms with Crippen LogP contribution in [0.3, 0.4) is 0 Å². The summed E-state index contributed by atoms with van der Waals surface area (Å²) in [5, 5.41) is 7.65. The van der Waals surface area contributed by atoms with E-state index in [4.69, 9.17) is 25.3 Å². The van der Waals surface area contributed by atoms with Crippen LogP contribution in [0.2, 0.25) is 5.02 Å². The maximum atomic E-state index is 13.1. The smallest absolute Gasteiger partial charge is 0.344 e. The van der Waals surface area contributed by atoms with Gasteiger partial charge in [0.1, 0.15) is 17.1 Å². The molecule has 30 heavy (non-hydrogen) atoms. The van der Waals surface area contributed by atoms with Crippen molar-refractivity contribution in [2.45, 2.75) is 18.9 Å². The molecule has 1 amide bonds. The molecule has 4 aromatic rings. The van der Waals surface area contributed by atoms with Gasteiger partial charge in [-0.1, -0.05) is 41.0 Å². The molecule has 0 saturated carbocycles. The fraction of sp³-hybridized carbons (Fsp3) is 0.136. The summed E-state index contributed by atoms with van der Waals surface area (Å²) in [6.07, 6.45) is -1.01. The fourth-order valence-corrected chi connectivity index (χ4v) is 3.84. The summed E-state index contributed by atoms with van der Waals surface area (Å²) in [6, 6.07) is 15.6. The van der Waals surface area contributed by atoms with Crippen molar-refractivity contribution in [2.24, 2.45) is 0 Å². The number of amides is 1. The lowest BCUT2D eigenvalue weighted by Crippen LogP contribution is -2.35. The van der Waals surface area contributed by atoms with E-state index in [1.54, 1.807) is 55.5 Å². The van der Waals surface area contributed by atoms with Crippen LogP contribution < -0.4 is 15.7 Å². The highest BCUT2D eigenvalue weighted by Crippen LogP contribution is 2.44. The zero-order chi connectivity index (χ0) is 20.8. The van der Waals surface area contributed by atoms with Gasteiger partial charge in [-0.05, 0) is 36.8 Å². The molecular formula is C22H15ClN2O5. The third-order valence-corrected chi connectivity index (χ3v) is 5.28. The first-order valence-electron chi connectivity index (χ1n) is 9.23.